The fraction of sp³-hybridized carbons (Fsp3) is 0.542. The number of rotatable bonds is 10. The molecule has 8 nitrogen and oxygen atoms in total. The molecule has 1 aromatic heterocycles. The summed E-state index contributed by atoms with van der Waals surface area (Å²) in [6, 6.07) is 10.3. The van der Waals surface area contributed by atoms with Crippen molar-refractivity contribution >= 4 is 31.6 Å². The molecule has 1 aromatic carbocycles. The van der Waals surface area contributed by atoms with E-state index in [0.717, 1.165) is 18.6 Å². The standard InChI is InChI=1S/C24H32ClN3O5S2/c25-21-5-1-4-20(18-21)19-35(31,32)28-14-2-6-22(28)7-3-17-34(29,30)27-15-10-24(11-16-27)33-23-8-12-26-13-9-23/h1,4-5,8-9,12-13,18,22,24H,2-3,6-7,10-11,14-17,19H2/t22-/m0/s1. The molecule has 35 heavy (non-hydrogen) atoms. The van der Waals surface area contributed by atoms with E-state index in [1.807, 2.05) is 0 Å². The predicted molar refractivity (Wildman–Crippen MR) is 136 cm³/mol. The quantitative estimate of drug-likeness (QED) is 0.455. The SMILES string of the molecule is O=S(=O)(CCC[C@@H]1CCCN1S(=O)(=O)Cc1cccc(Cl)c1)N1CCC(Oc2ccncc2)CC1. The molecule has 0 N–H and O–H groups in total. The van der Waals surface area contributed by atoms with Crippen molar-refractivity contribution in [3.05, 3.63) is 59.4 Å². The Hall–Kier alpha value is -1.72. The van der Waals surface area contributed by atoms with Gasteiger partial charge in [0.2, 0.25) is 20.0 Å². The van der Waals surface area contributed by atoms with Gasteiger partial charge in [-0.25, -0.2) is 21.1 Å². The molecule has 192 valence electrons. The van der Waals surface area contributed by atoms with Crippen LogP contribution in [0.25, 0.3) is 0 Å². The number of hydrogen-bond donors (Lipinski definition) is 0. The molecule has 0 bridgehead atoms. The molecule has 0 amide bonds. The van der Waals surface area contributed by atoms with Crippen LogP contribution in [-0.2, 0) is 25.8 Å². The zero-order valence-corrected chi connectivity index (χ0v) is 22.0. The third-order valence-electron chi connectivity index (χ3n) is 6.60. The van der Waals surface area contributed by atoms with Gasteiger partial charge in [0.25, 0.3) is 0 Å². The largest absolute Gasteiger partial charge is 0.490 e. The van der Waals surface area contributed by atoms with Gasteiger partial charge in [0.15, 0.2) is 0 Å². The Balaban J connectivity index is 1.25. The van der Waals surface area contributed by atoms with Gasteiger partial charge in [0.05, 0.1) is 11.5 Å². The van der Waals surface area contributed by atoms with Gasteiger partial charge in [0, 0.05) is 43.1 Å². The third-order valence-corrected chi connectivity index (χ3v) is 10.7. The van der Waals surface area contributed by atoms with E-state index in [2.05, 4.69) is 4.98 Å². The van der Waals surface area contributed by atoms with Crippen LogP contribution >= 0.6 is 11.6 Å². The summed E-state index contributed by atoms with van der Waals surface area (Å²) < 4.78 is 60.9. The lowest BCUT2D eigenvalue weighted by Gasteiger charge is -2.31. The Morgan fingerprint density at radius 2 is 1.71 bits per heavy atom. The van der Waals surface area contributed by atoms with E-state index in [1.54, 1.807) is 57.4 Å². The van der Waals surface area contributed by atoms with Gasteiger partial charge in [-0.05, 0) is 68.4 Å². The van der Waals surface area contributed by atoms with Gasteiger partial charge < -0.3 is 4.74 Å². The second-order valence-corrected chi connectivity index (χ2v) is 13.6. The topological polar surface area (TPSA) is 96.9 Å². The minimum absolute atomic E-state index is 0.0133. The minimum atomic E-state index is -3.50. The number of nitrogens with zero attached hydrogens (tertiary/aromatic N) is 3. The highest BCUT2D eigenvalue weighted by Crippen LogP contribution is 2.28. The lowest BCUT2D eigenvalue weighted by Crippen LogP contribution is -2.43. The van der Waals surface area contributed by atoms with Crippen molar-refractivity contribution in [3.8, 4) is 5.75 Å². The Labute approximate surface area is 213 Å². The maximum absolute atomic E-state index is 13.0. The van der Waals surface area contributed by atoms with Gasteiger partial charge in [0.1, 0.15) is 11.9 Å². The van der Waals surface area contributed by atoms with Crippen molar-refractivity contribution in [2.75, 3.05) is 25.4 Å². The molecule has 0 aliphatic carbocycles. The van der Waals surface area contributed by atoms with Gasteiger partial charge in [-0.2, -0.15) is 4.31 Å². The number of sulfonamides is 2. The fourth-order valence-corrected chi connectivity index (χ4v) is 8.46. The zero-order chi connectivity index (χ0) is 24.9. The monoisotopic (exact) mass is 541 g/mol. The Morgan fingerprint density at radius 3 is 2.43 bits per heavy atom. The highest BCUT2D eigenvalue weighted by molar-refractivity contribution is 7.89. The summed E-state index contributed by atoms with van der Waals surface area (Å²) in [5, 5.41) is 0.508. The van der Waals surface area contributed by atoms with Crippen LogP contribution in [0.1, 0.15) is 44.1 Å². The second-order valence-electron chi connectivity index (χ2n) is 9.15. The maximum Gasteiger partial charge on any atom is 0.218 e. The summed E-state index contributed by atoms with van der Waals surface area (Å²) in [6.07, 6.45) is 7.12. The Morgan fingerprint density at radius 1 is 0.971 bits per heavy atom. The molecule has 2 aliphatic heterocycles. The Kier molecular flexibility index (Phi) is 8.70. The number of aromatic nitrogens is 1. The third kappa shape index (κ3) is 7.16. The molecule has 0 spiro atoms. The molecular formula is C24H32ClN3O5S2. The molecule has 4 rings (SSSR count). The van der Waals surface area contributed by atoms with Gasteiger partial charge in [-0.15, -0.1) is 0 Å². The zero-order valence-electron chi connectivity index (χ0n) is 19.6. The first kappa shape index (κ1) is 26.3. The van der Waals surface area contributed by atoms with Crippen LogP contribution in [0.4, 0.5) is 0 Å². The molecule has 0 unspecified atom stereocenters. The normalized spacial score (nSPS) is 20.8. The molecule has 2 aromatic rings. The van der Waals surface area contributed by atoms with E-state index in [1.165, 1.54) is 0 Å². The molecule has 2 aliphatic rings. The molecule has 2 fully saturated rings. The smallest absolute Gasteiger partial charge is 0.218 e. The number of pyridine rings is 1. The Bertz CT molecular complexity index is 1190. The van der Waals surface area contributed by atoms with Crippen LogP contribution in [0.3, 0.4) is 0 Å². The van der Waals surface area contributed by atoms with E-state index in [0.29, 0.717) is 55.9 Å². The molecule has 3 heterocycles. The maximum atomic E-state index is 13.0. The molecule has 0 saturated carbocycles. The number of benzene rings is 1. The van der Waals surface area contributed by atoms with Crippen molar-refractivity contribution < 1.29 is 21.6 Å². The van der Waals surface area contributed by atoms with E-state index in [-0.39, 0.29) is 23.7 Å². The summed E-state index contributed by atoms with van der Waals surface area (Å²) in [7, 11) is -6.89. The summed E-state index contributed by atoms with van der Waals surface area (Å²) in [5.41, 5.74) is 0.655. The summed E-state index contributed by atoms with van der Waals surface area (Å²) in [6.45, 7) is 1.34. The average Bonchev–Trinajstić information content (AvgIpc) is 3.29. The highest BCUT2D eigenvalue weighted by Gasteiger charge is 2.35. The van der Waals surface area contributed by atoms with Gasteiger partial charge >= 0.3 is 0 Å². The highest BCUT2D eigenvalue weighted by atomic mass is 35.5. The van der Waals surface area contributed by atoms with Crippen molar-refractivity contribution in [2.24, 2.45) is 0 Å². The van der Waals surface area contributed by atoms with Crippen molar-refractivity contribution in [3.63, 3.8) is 0 Å². The van der Waals surface area contributed by atoms with Crippen molar-refractivity contribution in [1.29, 1.82) is 0 Å². The molecule has 11 heteroatoms. The first-order chi connectivity index (χ1) is 16.7. The fourth-order valence-electron chi connectivity index (χ4n) is 4.85. The summed E-state index contributed by atoms with van der Waals surface area (Å²) in [5.74, 6) is 0.674. The minimum Gasteiger partial charge on any atom is -0.490 e. The molecule has 1 atom stereocenters. The first-order valence-electron chi connectivity index (χ1n) is 12.0. The average molecular weight is 542 g/mol. The van der Waals surface area contributed by atoms with Crippen molar-refractivity contribution in [2.45, 2.75) is 56.4 Å². The van der Waals surface area contributed by atoms with Gasteiger partial charge in [-0.1, -0.05) is 23.7 Å². The van der Waals surface area contributed by atoms with Crippen LogP contribution in [0.2, 0.25) is 5.02 Å². The van der Waals surface area contributed by atoms with E-state index < -0.39 is 20.0 Å². The van der Waals surface area contributed by atoms with Gasteiger partial charge in [-0.3, -0.25) is 4.98 Å². The molecule has 2 saturated heterocycles. The van der Waals surface area contributed by atoms with Crippen LogP contribution in [-0.4, -0.2) is 68.0 Å². The lowest BCUT2D eigenvalue weighted by atomic mass is 10.1. The summed E-state index contributed by atoms with van der Waals surface area (Å²) in [4.78, 5) is 3.97. The molecule has 0 radical (unpaired) electrons. The van der Waals surface area contributed by atoms with Crippen LogP contribution in [0, 0.1) is 0 Å². The van der Waals surface area contributed by atoms with Crippen LogP contribution in [0.5, 0.6) is 5.75 Å². The van der Waals surface area contributed by atoms with Crippen molar-refractivity contribution in [1.82, 2.24) is 13.6 Å². The summed E-state index contributed by atoms with van der Waals surface area (Å²) >= 11 is 6.00. The number of halogens is 1. The number of piperidine rings is 1. The number of ether oxygens (including phenoxy) is 1. The molecular weight excluding hydrogens is 510 g/mol. The number of hydrogen-bond acceptors (Lipinski definition) is 6. The van der Waals surface area contributed by atoms with Crippen LogP contribution in [0.15, 0.2) is 48.8 Å². The lowest BCUT2D eigenvalue weighted by molar-refractivity contribution is 0.135. The predicted octanol–water partition coefficient (Wildman–Crippen LogP) is 3.68. The van der Waals surface area contributed by atoms with E-state index in [9.17, 15) is 16.8 Å². The van der Waals surface area contributed by atoms with E-state index >= 15 is 0 Å². The first-order valence-corrected chi connectivity index (χ1v) is 15.6. The second kappa shape index (κ2) is 11.6. The van der Waals surface area contributed by atoms with E-state index in [4.69, 9.17) is 16.3 Å². The van der Waals surface area contributed by atoms with Crippen LogP contribution < -0.4 is 4.74 Å².